The van der Waals surface area contributed by atoms with Gasteiger partial charge in [0.2, 0.25) is 15.9 Å². The summed E-state index contributed by atoms with van der Waals surface area (Å²) in [5, 5.41) is 4.91. The molecule has 0 saturated carbocycles. The Kier molecular flexibility index (Phi) is 7.90. The topological polar surface area (TPSA) is 105 Å². The largest absolute Gasteiger partial charge is 0.495 e. The minimum absolute atomic E-state index is 0.00564. The summed E-state index contributed by atoms with van der Waals surface area (Å²) in [4.78, 5) is 24.3. The Labute approximate surface area is 175 Å². The van der Waals surface area contributed by atoms with Crippen LogP contribution in [0.4, 0.5) is 10.1 Å². The smallest absolute Gasteiger partial charge is 0.251 e. The summed E-state index contributed by atoms with van der Waals surface area (Å²) in [6.07, 6.45) is 0. The van der Waals surface area contributed by atoms with Crippen LogP contribution < -0.4 is 15.4 Å². The highest BCUT2D eigenvalue weighted by Crippen LogP contribution is 2.28. The highest BCUT2D eigenvalue weighted by atomic mass is 32.2. The number of halogens is 1. The highest BCUT2D eigenvalue weighted by molar-refractivity contribution is 7.89. The number of anilines is 1. The maximum absolute atomic E-state index is 13.2. The number of amides is 2. The van der Waals surface area contributed by atoms with Crippen molar-refractivity contribution in [2.75, 3.05) is 32.1 Å². The average molecular weight is 437 g/mol. The second-order valence-electron chi connectivity index (χ2n) is 6.19. The number of carbonyl (C=O) groups is 2. The van der Waals surface area contributed by atoms with E-state index in [9.17, 15) is 22.4 Å². The fraction of sp³-hybridized carbons (Fsp3) is 0.300. The molecule has 0 unspecified atom stereocenters. The fourth-order valence-corrected chi connectivity index (χ4v) is 4.23. The molecule has 2 rings (SSSR count). The van der Waals surface area contributed by atoms with Gasteiger partial charge in [-0.2, -0.15) is 4.31 Å². The first-order valence-corrected chi connectivity index (χ1v) is 10.7. The SMILES string of the molecule is CCN(CC)S(=O)(=O)c1ccc(OC)c(NC(=O)CNC(=O)c2cccc(F)c2)c1. The molecule has 0 aliphatic heterocycles. The van der Waals surface area contributed by atoms with E-state index in [2.05, 4.69) is 10.6 Å². The van der Waals surface area contributed by atoms with Gasteiger partial charge in [0.1, 0.15) is 11.6 Å². The van der Waals surface area contributed by atoms with E-state index in [1.165, 1.54) is 47.8 Å². The van der Waals surface area contributed by atoms with Crippen LogP contribution in [0.15, 0.2) is 47.4 Å². The standard InChI is InChI=1S/C20H24FN3O5S/c1-4-24(5-2)30(27,28)16-9-10-18(29-3)17(12-16)23-19(25)13-22-20(26)14-7-6-8-15(21)11-14/h6-12H,4-5,13H2,1-3H3,(H,22,26)(H,23,25). The van der Waals surface area contributed by atoms with Crippen LogP contribution in [0.25, 0.3) is 0 Å². The molecule has 0 spiro atoms. The van der Waals surface area contributed by atoms with Crippen LogP contribution in [-0.2, 0) is 14.8 Å². The van der Waals surface area contributed by atoms with Crippen LogP contribution in [0, 0.1) is 5.82 Å². The van der Waals surface area contributed by atoms with Crippen LogP contribution in [-0.4, -0.2) is 51.3 Å². The molecule has 2 aromatic rings. The third kappa shape index (κ3) is 5.55. The second-order valence-corrected chi connectivity index (χ2v) is 8.13. The van der Waals surface area contributed by atoms with Gasteiger partial charge in [-0.15, -0.1) is 0 Å². The Bertz CT molecular complexity index is 1020. The zero-order valence-electron chi connectivity index (χ0n) is 16.9. The Morgan fingerprint density at radius 1 is 1.10 bits per heavy atom. The van der Waals surface area contributed by atoms with Crippen molar-refractivity contribution < 1.29 is 27.1 Å². The minimum Gasteiger partial charge on any atom is -0.495 e. The first kappa shape index (κ1) is 23.3. The van der Waals surface area contributed by atoms with E-state index in [4.69, 9.17) is 4.74 Å². The van der Waals surface area contributed by atoms with E-state index in [0.717, 1.165) is 6.07 Å². The molecule has 0 atom stereocenters. The number of nitrogens with one attached hydrogen (secondary N) is 2. The third-order valence-corrected chi connectivity index (χ3v) is 6.33. The van der Waals surface area contributed by atoms with Crippen LogP contribution >= 0.6 is 0 Å². The molecule has 8 nitrogen and oxygen atoms in total. The molecule has 0 bridgehead atoms. The van der Waals surface area contributed by atoms with Crippen molar-refractivity contribution in [1.29, 1.82) is 0 Å². The number of sulfonamides is 1. The predicted octanol–water partition coefficient (Wildman–Crippen LogP) is 2.23. The summed E-state index contributed by atoms with van der Waals surface area (Å²) in [5.41, 5.74) is 0.225. The van der Waals surface area contributed by atoms with E-state index < -0.39 is 34.2 Å². The molecule has 0 heterocycles. The zero-order valence-corrected chi connectivity index (χ0v) is 17.8. The Morgan fingerprint density at radius 3 is 2.40 bits per heavy atom. The number of hydrogen-bond acceptors (Lipinski definition) is 5. The Morgan fingerprint density at radius 2 is 1.80 bits per heavy atom. The van der Waals surface area contributed by atoms with Gasteiger partial charge in [0, 0.05) is 18.7 Å². The maximum atomic E-state index is 13.2. The van der Waals surface area contributed by atoms with Gasteiger partial charge < -0.3 is 15.4 Å². The molecule has 0 aliphatic carbocycles. The average Bonchev–Trinajstić information content (AvgIpc) is 2.72. The lowest BCUT2D eigenvalue weighted by Crippen LogP contribution is -2.33. The van der Waals surface area contributed by atoms with Crippen LogP contribution in [0.2, 0.25) is 0 Å². The quantitative estimate of drug-likeness (QED) is 0.626. The lowest BCUT2D eigenvalue weighted by Gasteiger charge is -2.19. The molecule has 10 heteroatoms. The minimum atomic E-state index is -3.73. The van der Waals surface area contributed by atoms with E-state index in [1.54, 1.807) is 13.8 Å². The summed E-state index contributed by atoms with van der Waals surface area (Å²) in [5.74, 6) is -1.52. The number of ether oxygens (including phenoxy) is 1. The van der Waals surface area contributed by atoms with Crippen LogP contribution in [0.5, 0.6) is 5.75 Å². The van der Waals surface area contributed by atoms with Gasteiger partial charge in [-0.05, 0) is 36.4 Å². The monoisotopic (exact) mass is 437 g/mol. The van der Waals surface area contributed by atoms with Crippen molar-refractivity contribution in [3.05, 3.63) is 53.8 Å². The van der Waals surface area contributed by atoms with Crippen LogP contribution in [0.3, 0.4) is 0 Å². The lowest BCUT2D eigenvalue weighted by atomic mass is 10.2. The van der Waals surface area contributed by atoms with Gasteiger partial charge in [0.15, 0.2) is 0 Å². The number of methoxy groups -OCH3 is 1. The van der Waals surface area contributed by atoms with Crippen molar-refractivity contribution in [2.45, 2.75) is 18.7 Å². The van der Waals surface area contributed by atoms with Gasteiger partial charge in [0.05, 0.1) is 24.2 Å². The van der Waals surface area contributed by atoms with Crippen LogP contribution in [0.1, 0.15) is 24.2 Å². The molecular weight excluding hydrogens is 413 g/mol. The van der Waals surface area contributed by atoms with Crippen molar-refractivity contribution in [1.82, 2.24) is 9.62 Å². The van der Waals surface area contributed by atoms with Gasteiger partial charge >= 0.3 is 0 Å². The molecule has 2 aromatic carbocycles. The predicted molar refractivity (Wildman–Crippen MR) is 110 cm³/mol. The summed E-state index contributed by atoms with van der Waals surface area (Å²) in [6.45, 7) is 3.67. The molecule has 2 amide bonds. The van der Waals surface area contributed by atoms with Gasteiger partial charge in [-0.25, -0.2) is 12.8 Å². The maximum Gasteiger partial charge on any atom is 0.251 e. The molecule has 0 saturated heterocycles. The molecule has 2 N–H and O–H groups in total. The van der Waals surface area contributed by atoms with Crippen molar-refractivity contribution in [2.24, 2.45) is 0 Å². The number of hydrogen-bond donors (Lipinski definition) is 2. The van der Waals surface area contributed by atoms with E-state index in [0.29, 0.717) is 13.1 Å². The first-order chi connectivity index (χ1) is 14.2. The van der Waals surface area contributed by atoms with Crippen molar-refractivity contribution in [3.63, 3.8) is 0 Å². The zero-order chi connectivity index (χ0) is 22.3. The molecule has 162 valence electrons. The highest BCUT2D eigenvalue weighted by Gasteiger charge is 2.23. The van der Waals surface area contributed by atoms with Gasteiger partial charge in [-0.3, -0.25) is 9.59 Å². The summed E-state index contributed by atoms with van der Waals surface area (Å²) >= 11 is 0. The van der Waals surface area contributed by atoms with E-state index >= 15 is 0 Å². The summed E-state index contributed by atoms with van der Waals surface area (Å²) in [7, 11) is -2.34. The summed E-state index contributed by atoms with van der Waals surface area (Å²) in [6, 6.07) is 9.20. The third-order valence-electron chi connectivity index (χ3n) is 4.28. The van der Waals surface area contributed by atoms with Crippen molar-refractivity contribution in [3.8, 4) is 5.75 Å². The molecule has 0 fully saturated rings. The number of benzene rings is 2. The van der Waals surface area contributed by atoms with E-state index in [1.807, 2.05) is 0 Å². The number of rotatable bonds is 9. The van der Waals surface area contributed by atoms with Gasteiger partial charge in [-0.1, -0.05) is 19.9 Å². The van der Waals surface area contributed by atoms with Gasteiger partial charge in [0.25, 0.3) is 5.91 Å². The normalized spacial score (nSPS) is 11.2. The second kappa shape index (κ2) is 10.2. The lowest BCUT2D eigenvalue weighted by molar-refractivity contribution is -0.115. The Hall–Kier alpha value is -2.98. The molecular formula is C20H24FN3O5S. The molecule has 30 heavy (non-hydrogen) atoms. The Balaban J connectivity index is 2.14. The fourth-order valence-electron chi connectivity index (χ4n) is 2.74. The number of nitrogens with zero attached hydrogens (tertiary/aromatic N) is 1. The summed E-state index contributed by atoms with van der Waals surface area (Å²) < 4.78 is 45.1. The molecule has 0 aromatic heterocycles. The molecule has 0 radical (unpaired) electrons. The first-order valence-electron chi connectivity index (χ1n) is 9.24. The number of carbonyl (C=O) groups excluding carboxylic acids is 2. The van der Waals surface area contributed by atoms with E-state index in [-0.39, 0.29) is 21.9 Å². The molecule has 0 aliphatic rings. The van der Waals surface area contributed by atoms with Crippen molar-refractivity contribution >= 4 is 27.5 Å².